The topological polar surface area (TPSA) is 75.7 Å². The molecule has 1 heterocycles. The van der Waals surface area contributed by atoms with E-state index in [0.29, 0.717) is 17.4 Å². The van der Waals surface area contributed by atoms with Gasteiger partial charge in [0.1, 0.15) is 11.3 Å². The number of fused-ring (bicyclic) bond motifs is 1. The lowest BCUT2D eigenvalue weighted by molar-refractivity contribution is 0.459. The van der Waals surface area contributed by atoms with Crippen molar-refractivity contribution in [1.82, 2.24) is 4.98 Å². The Kier molecular flexibility index (Phi) is 9.29. The fourth-order valence-corrected chi connectivity index (χ4v) is 10.4. The summed E-state index contributed by atoms with van der Waals surface area (Å²) in [4.78, 5) is 13.2. The van der Waals surface area contributed by atoms with Gasteiger partial charge in [-0.3, -0.25) is 0 Å². The fourth-order valence-electron chi connectivity index (χ4n) is 3.84. The maximum Gasteiger partial charge on any atom is 0.231 e. The Hall–Kier alpha value is -1.72. The van der Waals surface area contributed by atoms with Crippen LogP contribution in [0.4, 0.5) is 0 Å². The lowest BCUT2D eigenvalue weighted by Crippen LogP contribution is -2.34. The van der Waals surface area contributed by atoms with Crippen molar-refractivity contribution in [2.75, 3.05) is 0 Å². The molecule has 2 unspecified atom stereocenters. The van der Waals surface area contributed by atoms with Gasteiger partial charge in [-0.2, -0.15) is 0 Å². The molecule has 0 amide bonds. The summed E-state index contributed by atoms with van der Waals surface area (Å²) in [6, 6.07) is 12.8. The Morgan fingerprint density at radius 1 is 1.09 bits per heavy atom. The van der Waals surface area contributed by atoms with Gasteiger partial charge in [-0.05, 0) is 100 Å². The molecular formula is C25H41NO4Si3. The van der Waals surface area contributed by atoms with Crippen molar-refractivity contribution in [2.45, 2.75) is 72.1 Å². The number of para-hydroxylation sites is 2. The van der Waals surface area contributed by atoms with E-state index >= 15 is 0 Å². The monoisotopic (exact) mass is 503 g/mol. The van der Waals surface area contributed by atoms with Crippen LogP contribution in [0.15, 0.2) is 40.8 Å². The first-order valence-corrected chi connectivity index (χ1v) is 21.0. The number of hydrogen-bond donors (Lipinski definition) is 2. The number of oxazole rings is 1. The van der Waals surface area contributed by atoms with Gasteiger partial charge in [0, 0.05) is 0 Å². The maximum atomic E-state index is 10.9. The van der Waals surface area contributed by atoms with Crippen molar-refractivity contribution in [2.24, 2.45) is 5.92 Å². The average molecular weight is 504 g/mol. The molecule has 182 valence electrons. The number of benzene rings is 2. The summed E-state index contributed by atoms with van der Waals surface area (Å²) in [6.07, 6.45) is 0.827. The number of nitrogens with zero attached hydrogens (tertiary/aromatic N) is 1. The van der Waals surface area contributed by atoms with E-state index in [9.17, 15) is 5.11 Å². The molecular weight excluding hydrogens is 463 g/mol. The summed E-state index contributed by atoms with van der Waals surface area (Å²) in [5, 5.41) is 10.9. The third-order valence-electron chi connectivity index (χ3n) is 4.71. The summed E-state index contributed by atoms with van der Waals surface area (Å²) in [7, 11) is -4.29. The van der Waals surface area contributed by atoms with E-state index in [1.807, 2.05) is 56.9 Å². The number of aromatic hydroxyl groups is 1. The molecule has 3 aromatic rings. The standard InChI is InChI=1S/C22H31NO3Si2.C3H10OSi/c1-15-11-17(12-16(2)14-27(3)26-28(4,5)6)21(24)18(13-15)22-23-19-9-7-8-10-20(19)25-22;1-5(2,3)4/h7-11,13,16,24,27H,12,14H2,1-6H3;4H,1-3H3. The maximum absolute atomic E-state index is 10.9. The van der Waals surface area contributed by atoms with Crippen LogP contribution in [0, 0.1) is 12.8 Å². The predicted octanol–water partition coefficient (Wildman–Crippen LogP) is 6.71. The second kappa shape index (κ2) is 11.1. The van der Waals surface area contributed by atoms with Crippen LogP contribution in [0.3, 0.4) is 0 Å². The number of aromatic nitrogens is 1. The van der Waals surface area contributed by atoms with Crippen molar-refractivity contribution in [3.05, 3.63) is 47.5 Å². The molecule has 0 saturated heterocycles. The van der Waals surface area contributed by atoms with Gasteiger partial charge in [-0.15, -0.1) is 0 Å². The van der Waals surface area contributed by atoms with Crippen LogP contribution in [0.1, 0.15) is 18.1 Å². The number of aryl methyl sites for hydroxylation is 1. The second-order valence-corrected chi connectivity index (χ2v) is 22.7. The molecule has 2 aromatic carbocycles. The predicted molar refractivity (Wildman–Crippen MR) is 147 cm³/mol. The molecule has 2 N–H and O–H groups in total. The van der Waals surface area contributed by atoms with Crippen LogP contribution >= 0.6 is 0 Å². The van der Waals surface area contributed by atoms with Gasteiger partial charge >= 0.3 is 0 Å². The first-order chi connectivity index (χ1) is 15.1. The molecule has 3 rings (SSSR count). The van der Waals surface area contributed by atoms with Crippen molar-refractivity contribution in [1.29, 1.82) is 0 Å². The molecule has 1 aromatic heterocycles. The summed E-state index contributed by atoms with van der Waals surface area (Å²) in [6.45, 7) is 19.0. The van der Waals surface area contributed by atoms with Gasteiger partial charge in [0.2, 0.25) is 5.89 Å². The number of phenols is 1. The molecule has 33 heavy (non-hydrogen) atoms. The van der Waals surface area contributed by atoms with Gasteiger partial charge in [0.25, 0.3) is 0 Å². The quantitative estimate of drug-likeness (QED) is 0.351. The van der Waals surface area contributed by atoms with E-state index in [4.69, 9.17) is 13.3 Å². The van der Waals surface area contributed by atoms with Crippen LogP contribution in [-0.4, -0.2) is 40.6 Å². The fraction of sp³-hybridized carbons (Fsp3) is 0.480. The molecule has 5 nitrogen and oxygen atoms in total. The minimum atomic E-state index is -1.61. The largest absolute Gasteiger partial charge is 0.507 e. The molecule has 0 aliphatic carbocycles. The van der Waals surface area contributed by atoms with E-state index in [1.54, 1.807) is 0 Å². The third-order valence-corrected chi connectivity index (χ3v) is 10.6. The molecule has 0 radical (unpaired) electrons. The zero-order chi connectivity index (χ0) is 25.0. The zero-order valence-corrected chi connectivity index (χ0v) is 24.8. The molecule has 0 saturated carbocycles. The molecule has 2 atom stereocenters. The minimum absolute atomic E-state index is 0.282. The van der Waals surface area contributed by atoms with Gasteiger partial charge in [-0.1, -0.05) is 25.1 Å². The van der Waals surface area contributed by atoms with Gasteiger partial charge in [0.15, 0.2) is 31.3 Å². The van der Waals surface area contributed by atoms with E-state index in [-0.39, 0.29) is 5.75 Å². The normalized spacial score (nSPS) is 14.0. The van der Waals surface area contributed by atoms with Gasteiger partial charge in [-0.25, -0.2) is 4.98 Å². The Bertz CT molecular complexity index is 1010. The molecule has 0 aliphatic heterocycles. The van der Waals surface area contributed by atoms with Gasteiger partial charge in [0.05, 0.1) is 5.56 Å². The Morgan fingerprint density at radius 2 is 1.70 bits per heavy atom. The van der Waals surface area contributed by atoms with Gasteiger partial charge < -0.3 is 18.4 Å². The Morgan fingerprint density at radius 3 is 2.27 bits per heavy atom. The SMILES string of the molecule is C[Si](C)(C)O.Cc1cc(CC(C)C[SiH](C)O[Si](C)(C)C)c(O)c(-c2nc3ccccc3o2)c1. The molecule has 0 bridgehead atoms. The first-order valence-electron chi connectivity index (χ1n) is 11.7. The van der Waals surface area contributed by atoms with E-state index in [1.165, 1.54) is 0 Å². The Balaban J connectivity index is 0.000000696. The minimum Gasteiger partial charge on any atom is -0.507 e. The van der Waals surface area contributed by atoms with Crippen LogP contribution in [-0.2, 0) is 10.5 Å². The van der Waals surface area contributed by atoms with Crippen LogP contribution in [0.2, 0.25) is 51.9 Å². The summed E-state index contributed by atoms with van der Waals surface area (Å²) in [5.74, 6) is 1.22. The third kappa shape index (κ3) is 9.58. The number of phenolic OH excluding ortho intramolecular Hbond substituents is 1. The van der Waals surface area contributed by atoms with Crippen LogP contribution in [0.25, 0.3) is 22.6 Å². The highest BCUT2D eigenvalue weighted by molar-refractivity contribution is 6.77. The number of rotatable bonds is 7. The second-order valence-electron chi connectivity index (χ2n) is 11.1. The first kappa shape index (κ1) is 27.5. The zero-order valence-electron chi connectivity index (χ0n) is 21.7. The molecule has 0 spiro atoms. The summed E-state index contributed by atoms with van der Waals surface area (Å²) >= 11 is 0. The van der Waals surface area contributed by atoms with Crippen molar-refractivity contribution >= 4 is 36.8 Å². The smallest absolute Gasteiger partial charge is 0.231 e. The van der Waals surface area contributed by atoms with E-state index in [2.05, 4.69) is 44.2 Å². The Labute approximate surface area is 202 Å². The lowest BCUT2D eigenvalue weighted by Gasteiger charge is -2.25. The van der Waals surface area contributed by atoms with Crippen LogP contribution in [0.5, 0.6) is 5.75 Å². The molecule has 8 heteroatoms. The summed E-state index contributed by atoms with van der Waals surface area (Å²) in [5.41, 5.74) is 4.26. The van der Waals surface area contributed by atoms with Crippen molar-refractivity contribution in [3.8, 4) is 17.2 Å². The van der Waals surface area contributed by atoms with Crippen molar-refractivity contribution in [3.63, 3.8) is 0 Å². The molecule has 0 fully saturated rings. The van der Waals surface area contributed by atoms with E-state index in [0.717, 1.165) is 34.7 Å². The van der Waals surface area contributed by atoms with E-state index < -0.39 is 25.7 Å². The summed E-state index contributed by atoms with van der Waals surface area (Å²) < 4.78 is 12.2. The highest BCUT2D eigenvalue weighted by Crippen LogP contribution is 2.36. The van der Waals surface area contributed by atoms with Crippen LogP contribution < -0.4 is 0 Å². The lowest BCUT2D eigenvalue weighted by atomic mass is 9.97. The highest BCUT2D eigenvalue weighted by atomic mass is 28.4. The average Bonchev–Trinajstić information content (AvgIpc) is 3.05. The highest BCUT2D eigenvalue weighted by Gasteiger charge is 2.22. The van der Waals surface area contributed by atoms with Crippen molar-refractivity contribution < 1.29 is 18.4 Å². The number of hydrogen-bond acceptors (Lipinski definition) is 5. The molecule has 0 aliphatic rings.